The predicted octanol–water partition coefficient (Wildman–Crippen LogP) is -1.14. The largest absolute Gasteiger partial charge is 0.395 e. The van der Waals surface area contributed by atoms with Gasteiger partial charge in [-0.2, -0.15) is 0 Å². The van der Waals surface area contributed by atoms with Gasteiger partial charge in [0, 0.05) is 5.41 Å². The number of rotatable bonds is 2. The highest BCUT2D eigenvalue weighted by Gasteiger charge is 2.58. The molecule has 0 amide bonds. The van der Waals surface area contributed by atoms with Gasteiger partial charge in [-0.1, -0.05) is 12.5 Å². The Hall–Kier alpha value is -0.975. The third-order valence-corrected chi connectivity index (χ3v) is 3.31. The van der Waals surface area contributed by atoms with Crippen LogP contribution in [0.2, 0.25) is 5.82 Å². The lowest BCUT2D eigenvalue weighted by Crippen LogP contribution is -2.46. The summed E-state index contributed by atoms with van der Waals surface area (Å²) in [5.74, 6) is 1.93. The van der Waals surface area contributed by atoms with Crippen LogP contribution in [0.5, 0.6) is 0 Å². The van der Waals surface area contributed by atoms with Crippen LogP contribution in [-0.2, 0) is 0 Å². The first-order valence-electron chi connectivity index (χ1n) is 4.83. The van der Waals surface area contributed by atoms with Crippen molar-refractivity contribution in [1.29, 1.82) is 0 Å². The standard InChI is InChI=1S/C11H15BO3/c1-3-5-10(7-13)6-8(12)11(15,4-2)9(10)14/h2,5,8-9,13-15H,1,6-7,12H2/t8-,9+,10-,11?/m1/s1. The highest BCUT2D eigenvalue weighted by Crippen LogP contribution is 2.50. The van der Waals surface area contributed by atoms with E-state index in [9.17, 15) is 15.3 Å². The Morgan fingerprint density at radius 3 is 2.60 bits per heavy atom. The van der Waals surface area contributed by atoms with Gasteiger partial charge in [0.05, 0.1) is 6.61 Å². The second-order valence-electron chi connectivity index (χ2n) is 4.22. The third-order valence-electron chi connectivity index (χ3n) is 3.31. The summed E-state index contributed by atoms with van der Waals surface area (Å²) in [5.41, 5.74) is 0.0240. The fraction of sp³-hybridized carbons (Fsp3) is 0.545. The maximum atomic E-state index is 10.1. The van der Waals surface area contributed by atoms with Gasteiger partial charge in [0.25, 0.3) is 0 Å². The molecule has 1 fully saturated rings. The minimum Gasteiger partial charge on any atom is -0.395 e. The molecule has 1 rings (SSSR count). The van der Waals surface area contributed by atoms with Gasteiger partial charge in [0.2, 0.25) is 0 Å². The average molecular weight is 206 g/mol. The summed E-state index contributed by atoms with van der Waals surface area (Å²) in [5, 5.41) is 29.4. The minimum absolute atomic E-state index is 0.283. The van der Waals surface area contributed by atoms with Gasteiger partial charge in [-0.3, -0.25) is 0 Å². The van der Waals surface area contributed by atoms with E-state index in [1.165, 1.54) is 6.08 Å². The van der Waals surface area contributed by atoms with Crippen molar-refractivity contribution in [1.82, 2.24) is 0 Å². The Morgan fingerprint density at radius 1 is 1.67 bits per heavy atom. The van der Waals surface area contributed by atoms with Crippen molar-refractivity contribution in [2.24, 2.45) is 5.41 Å². The van der Waals surface area contributed by atoms with Crippen molar-refractivity contribution in [3.05, 3.63) is 18.4 Å². The van der Waals surface area contributed by atoms with Gasteiger partial charge >= 0.3 is 0 Å². The van der Waals surface area contributed by atoms with Crippen LogP contribution >= 0.6 is 0 Å². The molecule has 1 aliphatic carbocycles. The zero-order valence-electron chi connectivity index (χ0n) is 8.77. The molecule has 0 aromatic rings. The van der Waals surface area contributed by atoms with Crippen molar-refractivity contribution >= 4 is 7.85 Å². The Bertz CT molecular complexity index is 342. The van der Waals surface area contributed by atoms with Gasteiger partial charge in [0.15, 0.2) is 0 Å². The number of hydrogen-bond acceptors (Lipinski definition) is 3. The average Bonchev–Trinajstić information content (AvgIpc) is 2.42. The van der Waals surface area contributed by atoms with Gasteiger partial charge in [0.1, 0.15) is 19.6 Å². The van der Waals surface area contributed by atoms with Crippen molar-refractivity contribution in [2.45, 2.75) is 23.9 Å². The normalized spacial score (nSPS) is 44.4. The maximum Gasteiger partial charge on any atom is 0.147 e. The van der Waals surface area contributed by atoms with Crippen LogP contribution in [0.25, 0.3) is 0 Å². The molecule has 1 saturated carbocycles. The van der Waals surface area contributed by atoms with Gasteiger partial charge < -0.3 is 15.3 Å². The van der Waals surface area contributed by atoms with E-state index in [0.717, 1.165) is 0 Å². The fourth-order valence-corrected chi connectivity index (χ4v) is 2.30. The molecule has 4 atom stereocenters. The summed E-state index contributed by atoms with van der Waals surface area (Å²) >= 11 is 0. The first-order chi connectivity index (χ1) is 6.96. The zero-order chi connectivity index (χ0) is 11.7. The van der Waals surface area contributed by atoms with Crippen LogP contribution in [0.1, 0.15) is 6.42 Å². The molecule has 3 N–H and O–H groups in total. The molecule has 1 unspecified atom stereocenters. The Balaban J connectivity index is 3.19. The number of hydrogen-bond donors (Lipinski definition) is 3. The molecule has 0 bridgehead atoms. The van der Waals surface area contributed by atoms with Crippen molar-refractivity contribution in [3.8, 4) is 12.3 Å². The van der Waals surface area contributed by atoms with E-state index in [1.807, 2.05) is 0 Å². The van der Waals surface area contributed by atoms with E-state index in [0.29, 0.717) is 6.42 Å². The molecular weight excluding hydrogens is 191 g/mol. The molecule has 15 heavy (non-hydrogen) atoms. The van der Waals surface area contributed by atoms with Gasteiger partial charge in [-0.25, -0.2) is 0 Å². The smallest absolute Gasteiger partial charge is 0.147 e. The highest BCUT2D eigenvalue weighted by atomic mass is 16.3. The molecule has 3 nitrogen and oxygen atoms in total. The first-order valence-corrected chi connectivity index (χ1v) is 4.83. The number of aliphatic hydroxyl groups is 3. The molecular formula is C11H15BO3. The second kappa shape index (κ2) is 3.88. The third kappa shape index (κ3) is 1.54. The molecule has 0 heterocycles. The summed E-state index contributed by atoms with van der Waals surface area (Å²) in [6.45, 7) is 3.13. The van der Waals surface area contributed by atoms with E-state index >= 15 is 0 Å². The summed E-state index contributed by atoms with van der Waals surface area (Å²) in [7, 11) is 1.75. The van der Waals surface area contributed by atoms with Crippen LogP contribution in [-0.4, -0.2) is 41.5 Å². The molecule has 0 aromatic heterocycles. The summed E-state index contributed by atoms with van der Waals surface area (Å²) in [4.78, 5) is 0. The number of terminal acetylenes is 1. The van der Waals surface area contributed by atoms with Crippen LogP contribution in [0.4, 0.5) is 0 Å². The molecule has 0 radical (unpaired) electrons. The van der Waals surface area contributed by atoms with Crippen molar-refractivity contribution in [2.75, 3.05) is 6.61 Å². The zero-order valence-corrected chi connectivity index (χ0v) is 8.77. The Kier molecular flexibility index (Phi) is 3.13. The molecule has 80 valence electrons. The van der Waals surface area contributed by atoms with Crippen LogP contribution in [0.3, 0.4) is 0 Å². The summed E-state index contributed by atoms with van der Waals surface area (Å²) in [6.07, 6.45) is 5.94. The van der Waals surface area contributed by atoms with E-state index in [2.05, 4.69) is 18.2 Å². The van der Waals surface area contributed by atoms with Crippen molar-refractivity contribution in [3.63, 3.8) is 0 Å². The molecule has 0 saturated heterocycles. The van der Waals surface area contributed by atoms with E-state index < -0.39 is 17.1 Å². The fourth-order valence-electron chi connectivity index (χ4n) is 2.30. The Labute approximate surface area is 90.5 Å². The monoisotopic (exact) mass is 206 g/mol. The van der Waals surface area contributed by atoms with E-state index in [-0.39, 0.29) is 12.4 Å². The molecule has 1 aliphatic rings. The lowest BCUT2D eigenvalue weighted by Gasteiger charge is -2.31. The second-order valence-corrected chi connectivity index (χ2v) is 4.22. The number of aliphatic hydroxyl groups excluding tert-OH is 2. The molecule has 0 aliphatic heterocycles. The Morgan fingerprint density at radius 2 is 2.27 bits per heavy atom. The molecule has 0 spiro atoms. The maximum absolute atomic E-state index is 10.1. The highest BCUT2D eigenvalue weighted by molar-refractivity contribution is 6.13. The lowest BCUT2D eigenvalue weighted by molar-refractivity contribution is -0.0575. The molecule has 4 heteroatoms. The molecule has 0 aromatic carbocycles. The SMILES string of the molecule is B[C@@H]1C[C@](C=C=C)(CO)[C@H](O)C1(O)C#C. The van der Waals surface area contributed by atoms with E-state index in [4.69, 9.17) is 6.42 Å². The van der Waals surface area contributed by atoms with Crippen LogP contribution in [0, 0.1) is 17.8 Å². The lowest BCUT2D eigenvalue weighted by atomic mass is 9.75. The van der Waals surface area contributed by atoms with Gasteiger partial charge in [-0.15, -0.1) is 12.2 Å². The van der Waals surface area contributed by atoms with Crippen LogP contribution < -0.4 is 0 Å². The van der Waals surface area contributed by atoms with E-state index in [1.54, 1.807) is 7.85 Å². The summed E-state index contributed by atoms with van der Waals surface area (Å²) < 4.78 is 0. The van der Waals surface area contributed by atoms with Crippen molar-refractivity contribution < 1.29 is 15.3 Å². The first kappa shape index (κ1) is 12.1. The quantitative estimate of drug-likeness (QED) is 0.304. The van der Waals surface area contributed by atoms with Gasteiger partial charge in [-0.05, 0) is 18.3 Å². The minimum atomic E-state index is -1.59. The predicted molar refractivity (Wildman–Crippen MR) is 59.9 cm³/mol. The topological polar surface area (TPSA) is 60.7 Å². The summed E-state index contributed by atoms with van der Waals surface area (Å²) in [6, 6.07) is 0. The van der Waals surface area contributed by atoms with Crippen LogP contribution in [0.15, 0.2) is 18.4 Å².